The summed E-state index contributed by atoms with van der Waals surface area (Å²) in [5.74, 6) is -0.267. The number of hydrogen-bond acceptors (Lipinski definition) is 3. The monoisotopic (exact) mass is 213 g/mol. The van der Waals surface area contributed by atoms with Gasteiger partial charge in [0.1, 0.15) is 0 Å². The Labute approximate surface area is 90.0 Å². The molecule has 0 aromatic rings. The molecule has 5 heteroatoms. The number of amides is 2. The van der Waals surface area contributed by atoms with Crippen LogP contribution in [0.15, 0.2) is 0 Å². The lowest BCUT2D eigenvalue weighted by atomic mass is 9.76. The molecule has 0 aromatic carbocycles. The minimum absolute atomic E-state index is 0.0889. The third kappa shape index (κ3) is 2.68. The van der Waals surface area contributed by atoms with Crippen molar-refractivity contribution in [2.75, 3.05) is 20.1 Å². The van der Waals surface area contributed by atoms with Crippen LogP contribution >= 0.6 is 0 Å². The molecule has 5 nitrogen and oxygen atoms in total. The summed E-state index contributed by atoms with van der Waals surface area (Å²) in [5.41, 5.74) is 5.17. The minimum atomic E-state index is -0.707. The quantitative estimate of drug-likeness (QED) is 0.658. The van der Waals surface area contributed by atoms with Gasteiger partial charge in [-0.15, -0.1) is 0 Å². The van der Waals surface area contributed by atoms with E-state index in [0.717, 1.165) is 19.3 Å². The van der Waals surface area contributed by atoms with Crippen LogP contribution in [0.25, 0.3) is 0 Å². The first-order chi connectivity index (χ1) is 6.99. The molecule has 1 saturated carbocycles. The molecular weight excluding hydrogens is 194 g/mol. The second kappa shape index (κ2) is 4.61. The fourth-order valence-corrected chi connectivity index (χ4v) is 1.69. The van der Waals surface area contributed by atoms with Crippen molar-refractivity contribution in [2.24, 2.45) is 5.73 Å². The third-order valence-corrected chi connectivity index (χ3v) is 2.77. The SMILES string of the molecule is CCNC(=O)CN(C)C(=O)C1(N)CCC1. The van der Waals surface area contributed by atoms with Gasteiger partial charge in [-0.05, 0) is 26.2 Å². The van der Waals surface area contributed by atoms with Gasteiger partial charge < -0.3 is 16.0 Å². The van der Waals surface area contributed by atoms with Crippen molar-refractivity contribution in [3.8, 4) is 0 Å². The van der Waals surface area contributed by atoms with Gasteiger partial charge in [-0.2, -0.15) is 0 Å². The molecule has 0 radical (unpaired) electrons. The number of carbonyl (C=O) groups is 2. The van der Waals surface area contributed by atoms with Crippen LogP contribution in [0.5, 0.6) is 0 Å². The lowest BCUT2D eigenvalue weighted by Crippen LogP contribution is -2.59. The van der Waals surface area contributed by atoms with Crippen LogP contribution < -0.4 is 11.1 Å². The van der Waals surface area contributed by atoms with Gasteiger partial charge in [-0.25, -0.2) is 0 Å². The lowest BCUT2D eigenvalue weighted by molar-refractivity contribution is -0.141. The summed E-state index contributed by atoms with van der Waals surface area (Å²) in [4.78, 5) is 24.5. The highest BCUT2D eigenvalue weighted by Gasteiger charge is 2.41. The van der Waals surface area contributed by atoms with Gasteiger partial charge >= 0.3 is 0 Å². The molecule has 0 heterocycles. The fourth-order valence-electron chi connectivity index (χ4n) is 1.69. The van der Waals surface area contributed by atoms with E-state index in [2.05, 4.69) is 5.32 Å². The van der Waals surface area contributed by atoms with E-state index in [1.54, 1.807) is 7.05 Å². The van der Waals surface area contributed by atoms with E-state index in [4.69, 9.17) is 5.73 Å². The number of nitrogens with one attached hydrogen (secondary N) is 1. The molecule has 0 spiro atoms. The zero-order chi connectivity index (χ0) is 11.5. The standard InChI is InChI=1S/C10H19N3O2/c1-3-12-8(14)7-13(2)9(15)10(11)5-4-6-10/h3-7,11H2,1-2H3,(H,12,14). The first kappa shape index (κ1) is 12.0. The second-order valence-corrected chi connectivity index (χ2v) is 4.12. The van der Waals surface area contributed by atoms with Gasteiger partial charge in [0.15, 0.2) is 0 Å². The summed E-state index contributed by atoms with van der Waals surface area (Å²) in [5, 5.41) is 2.65. The second-order valence-electron chi connectivity index (χ2n) is 4.12. The van der Waals surface area contributed by atoms with Gasteiger partial charge in [0.25, 0.3) is 0 Å². The largest absolute Gasteiger partial charge is 0.355 e. The van der Waals surface area contributed by atoms with Crippen molar-refractivity contribution in [1.82, 2.24) is 10.2 Å². The van der Waals surface area contributed by atoms with Gasteiger partial charge in [-0.3, -0.25) is 9.59 Å². The molecule has 0 bridgehead atoms. The Morgan fingerprint density at radius 1 is 1.47 bits per heavy atom. The summed E-state index contributed by atoms with van der Waals surface area (Å²) in [6, 6.07) is 0. The molecule has 86 valence electrons. The molecule has 0 saturated heterocycles. The maximum Gasteiger partial charge on any atom is 0.242 e. The number of rotatable bonds is 4. The van der Waals surface area contributed by atoms with E-state index >= 15 is 0 Å². The zero-order valence-electron chi connectivity index (χ0n) is 9.38. The van der Waals surface area contributed by atoms with Crippen LogP contribution in [0.2, 0.25) is 0 Å². The van der Waals surface area contributed by atoms with E-state index < -0.39 is 5.54 Å². The molecular formula is C10H19N3O2. The molecule has 0 atom stereocenters. The minimum Gasteiger partial charge on any atom is -0.355 e. The highest BCUT2D eigenvalue weighted by molar-refractivity contribution is 5.90. The van der Waals surface area contributed by atoms with E-state index in [1.165, 1.54) is 4.90 Å². The Morgan fingerprint density at radius 2 is 2.07 bits per heavy atom. The first-order valence-electron chi connectivity index (χ1n) is 5.31. The molecule has 0 aliphatic heterocycles. The van der Waals surface area contributed by atoms with Gasteiger partial charge in [0.05, 0.1) is 12.1 Å². The van der Waals surface area contributed by atoms with Gasteiger partial charge in [-0.1, -0.05) is 0 Å². The summed E-state index contributed by atoms with van der Waals surface area (Å²) in [6.07, 6.45) is 2.45. The van der Waals surface area contributed by atoms with E-state index in [0.29, 0.717) is 6.54 Å². The van der Waals surface area contributed by atoms with Crippen LogP contribution in [0.4, 0.5) is 0 Å². The molecule has 3 N–H and O–H groups in total. The number of carbonyl (C=O) groups excluding carboxylic acids is 2. The van der Waals surface area contributed by atoms with E-state index in [1.807, 2.05) is 6.92 Å². The molecule has 1 rings (SSSR count). The molecule has 15 heavy (non-hydrogen) atoms. The Hall–Kier alpha value is -1.10. The zero-order valence-corrected chi connectivity index (χ0v) is 9.38. The number of likely N-dealkylation sites (N-methyl/N-ethyl adjacent to an activating group) is 2. The smallest absolute Gasteiger partial charge is 0.242 e. The summed E-state index contributed by atoms with van der Waals surface area (Å²) >= 11 is 0. The van der Waals surface area contributed by atoms with Crippen molar-refractivity contribution in [1.29, 1.82) is 0 Å². The van der Waals surface area contributed by atoms with Crippen molar-refractivity contribution in [2.45, 2.75) is 31.7 Å². The maximum absolute atomic E-state index is 11.8. The molecule has 0 unspecified atom stereocenters. The molecule has 1 aliphatic carbocycles. The van der Waals surface area contributed by atoms with E-state index in [-0.39, 0.29) is 18.4 Å². The van der Waals surface area contributed by atoms with Crippen molar-refractivity contribution < 1.29 is 9.59 Å². The fraction of sp³-hybridized carbons (Fsp3) is 0.800. The normalized spacial score (nSPS) is 17.8. The van der Waals surface area contributed by atoms with Crippen molar-refractivity contribution in [3.63, 3.8) is 0 Å². The van der Waals surface area contributed by atoms with Crippen LogP contribution in [-0.2, 0) is 9.59 Å². The van der Waals surface area contributed by atoms with Gasteiger partial charge in [0.2, 0.25) is 11.8 Å². The maximum atomic E-state index is 11.8. The third-order valence-electron chi connectivity index (χ3n) is 2.77. The predicted molar refractivity (Wildman–Crippen MR) is 57.1 cm³/mol. The van der Waals surface area contributed by atoms with Crippen LogP contribution in [0.3, 0.4) is 0 Å². The topological polar surface area (TPSA) is 75.4 Å². The average molecular weight is 213 g/mol. The molecule has 1 fully saturated rings. The number of nitrogens with zero attached hydrogens (tertiary/aromatic N) is 1. The van der Waals surface area contributed by atoms with Crippen molar-refractivity contribution in [3.05, 3.63) is 0 Å². The first-order valence-corrected chi connectivity index (χ1v) is 5.31. The lowest BCUT2D eigenvalue weighted by Gasteiger charge is -2.39. The van der Waals surface area contributed by atoms with Crippen molar-refractivity contribution >= 4 is 11.8 Å². The highest BCUT2D eigenvalue weighted by atomic mass is 16.2. The molecule has 2 amide bonds. The molecule has 1 aliphatic rings. The Bertz CT molecular complexity index is 261. The number of hydrogen-bond donors (Lipinski definition) is 2. The summed E-state index contributed by atoms with van der Waals surface area (Å²) < 4.78 is 0. The van der Waals surface area contributed by atoms with Crippen LogP contribution in [-0.4, -0.2) is 42.4 Å². The summed E-state index contributed by atoms with van der Waals surface area (Å²) in [6.45, 7) is 2.51. The Balaban J connectivity index is 2.42. The number of nitrogens with two attached hydrogens (primary N) is 1. The summed E-state index contributed by atoms with van der Waals surface area (Å²) in [7, 11) is 1.62. The Morgan fingerprint density at radius 3 is 2.47 bits per heavy atom. The van der Waals surface area contributed by atoms with Crippen LogP contribution in [0.1, 0.15) is 26.2 Å². The van der Waals surface area contributed by atoms with E-state index in [9.17, 15) is 9.59 Å². The predicted octanol–water partition coefficient (Wildman–Crippen LogP) is -0.538. The highest BCUT2D eigenvalue weighted by Crippen LogP contribution is 2.30. The molecule has 0 aromatic heterocycles. The van der Waals surface area contributed by atoms with Crippen LogP contribution in [0, 0.1) is 0 Å². The average Bonchev–Trinajstić information content (AvgIpc) is 2.13. The Kier molecular flexibility index (Phi) is 3.68. The van der Waals surface area contributed by atoms with Gasteiger partial charge in [0, 0.05) is 13.6 Å².